The van der Waals surface area contributed by atoms with Crippen molar-refractivity contribution >= 4 is 27.8 Å². The molecular weight excluding hydrogens is 390 g/mol. The molecule has 29 heavy (non-hydrogen) atoms. The molecule has 2 heterocycles. The molecule has 0 bridgehead atoms. The molecule has 8 heteroatoms. The first-order valence-corrected chi connectivity index (χ1v) is 10.3. The van der Waals surface area contributed by atoms with E-state index in [0.717, 1.165) is 27.5 Å². The predicted octanol–water partition coefficient (Wildman–Crippen LogP) is 4.21. The standard InChI is InChI=1S/C21H25N3O4S/c1-13(2)9-11-28-17-8-7-15(12-18(17)27-4)14(3)23-21(26)24-20(25)16-6-5-10-22-19(16)29-24/h5-8,10,12-14H,9,11H2,1-4H3,(H,23,26). The van der Waals surface area contributed by atoms with Crippen molar-refractivity contribution < 1.29 is 14.3 Å². The molecule has 0 fully saturated rings. The van der Waals surface area contributed by atoms with E-state index in [1.54, 1.807) is 25.4 Å². The Morgan fingerprint density at radius 3 is 2.72 bits per heavy atom. The van der Waals surface area contributed by atoms with E-state index in [4.69, 9.17) is 9.47 Å². The van der Waals surface area contributed by atoms with Crippen LogP contribution in [0.25, 0.3) is 10.2 Å². The van der Waals surface area contributed by atoms with Gasteiger partial charge < -0.3 is 14.8 Å². The van der Waals surface area contributed by atoms with Gasteiger partial charge in [0.15, 0.2) is 11.5 Å². The lowest BCUT2D eigenvalue weighted by Gasteiger charge is -2.17. The average Bonchev–Trinajstić information content (AvgIpc) is 3.05. The van der Waals surface area contributed by atoms with Crippen LogP contribution in [0.5, 0.6) is 11.5 Å². The Bertz CT molecular complexity index is 1060. The summed E-state index contributed by atoms with van der Waals surface area (Å²) in [6.45, 7) is 6.75. The van der Waals surface area contributed by atoms with Crippen molar-refractivity contribution in [2.24, 2.45) is 5.92 Å². The molecule has 154 valence electrons. The third-order valence-corrected chi connectivity index (χ3v) is 5.54. The van der Waals surface area contributed by atoms with Gasteiger partial charge in [-0.2, -0.15) is 3.96 Å². The molecule has 0 saturated carbocycles. The number of carbonyl (C=O) groups excluding carboxylic acids is 1. The number of amides is 1. The van der Waals surface area contributed by atoms with Gasteiger partial charge in [-0.25, -0.2) is 9.78 Å². The highest BCUT2D eigenvalue weighted by Crippen LogP contribution is 2.30. The maximum atomic E-state index is 12.6. The maximum absolute atomic E-state index is 12.6. The molecule has 1 N–H and O–H groups in total. The second-order valence-electron chi connectivity index (χ2n) is 7.16. The molecule has 1 atom stereocenters. The van der Waals surface area contributed by atoms with Crippen molar-refractivity contribution in [2.75, 3.05) is 13.7 Å². The third-order valence-electron chi connectivity index (χ3n) is 4.53. The predicted molar refractivity (Wildman–Crippen MR) is 114 cm³/mol. The Hall–Kier alpha value is -2.87. The van der Waals surface area contributed by atoms with Crippen LogP contribution in [0.1, 0.15) is 38.8 Å². The molecule has 7 nitrogen and oxygen atoms in total. The van der Waals surface area contributed by atoms with E-state index < -0.39 is 6.03 Å². The fourth-order valence-electron chi connectivity index (χ4n) is 2.80. The molecule has 0 aliphatic carbocycles. The minimum absolute atomic E-state index is 0.328. The molecule has 0 radical (unpaired) electrons. The molecule has 0 aliphatic rings. The first kappa shape index (κ1) is 20.9. The van der Waals surface area contributed by atoms with Crippen molar-refractivity contribution in [3.63, 3.8) is 0 Å². The van der Waals surface area contributed by atoms with Crippen molar-refractivity contribution in [1.29, 1.82) is 0 Å². The number of pyridine rings is 1. The molecule has 1 amide bonds. The lowest BCUT2D eigenvalue weighted by Crippen LogP contribution is -2.34. The van der Waals surface area contributed by atoms with Gasteiger partial charge >= 0.3 is 6.03 Å². The van der Waals surface area contributed by atoms with E-state index in [1.807, 2.05) is 25.1 Å². The molecule has 0 spiro atoms. The largest absolute Gasteiger partial charge is 0.493 e. The highest BCUT2D eigenvalue weighted by atomic mass is 32.1. The fourth-order valence-corrected chi connectivity index (χ4v) is 3.65. The summed E-state index contributed by atoms with van der Waals surface area (Å²) >= 11 is 1.03. The fraction of sp³-hybridized carbons (Fsp3) is 0.381. The topological polar surface area (TPSA) is 82.5 Å². The number of benzene rings is 1. The number of hydrogen-bond acceptors (Lipinski definition) is 6. The number of ether oxygens (including phenoxy) is 2. The molecule has 2 aromatic heterocycles. The van der Waals surface area contributed by atoms with Gasteiger partial charge in [0.1, 0.15) is 4.83 Å². The van der Waals surface area contributed by atoms with Crippen LogP contribution < -0.4 is 20.3 Å². The summed E-state index contributed by atoms with van der Waals surface area (Å²) in [5.74, 6) is 1.83. The highest BCUT2D eigenvalue weighted by molar-refractivity contribution is 7.14. The average molecular weight is 416 g/mol. The van der Waals surface area contributed by atoms with Crippen LogP contribution in [0.15, 0.2) is 41.3 Å². The second kappa shape index (κ2) is 9.09. The Balaban J connectivity index is 1.74. The summed E-state index contributed by atoms with van der Waals surface area (Å²) in [5.41, 5.74) is 0.480. The van der Waals surface area contributed by atoms with Crippen LogP contribution in [0, 0.1) is 5.92 Å². The number of nitrogens with zero attached hydrogens (tertiary/aromatic N) is 2. The number of rotatable bonds is 7. The number of carbonyl (C=O) groups is 1. The van der Waals surface area contributed by atoms with Crippen LogP contribution >= 0.6 is 11.5 Å². The monoisotopic (exact) mass is 415 g/mol. The Morgan fingerprint density at radius 1 is 1.24 bits per heavy atom. The highest BCUT2D eigenvalue weighted by Gasteiger charge is 2.18. The van der Waals surface area contributed by atoms with E-state index >= 15 is 0 Å². The zero-order chi connectivity index (χ0) is 21.0. The summed E-state index contributed by atoms with van der Waals surface area (Å²) in [6.07, 6.45) is 2.55. The number of methoxy groups -OCH3 is 1. The van der Waals surface area contributed by atoms with Gasteiger partial charge in [0.25, 0.3) is 5.56 Å². The normalized spacial score (nSPS) is 12.2. The van der Waals surface area contributed by atoms with Crippen molar-refractivity contribution in [3.05, 3.63) is 52.4 Å². The van der Waals surface area contributed by atoms with Gasteiger partial charge in [0, 0.05) is 6.20 Å². The van der Waals surface area contributed by atoms with Gasteiger partial charge in [-0.1, -0.05) is 19.9 Å². The number of hydrogen-bond donors (Lipinski definition) is 1. The quantitative estimate of drug-likeness (QED) is 0.625. The second-order valence-corrected chi connectivity index (χ2v) is 8.09. The van der Waals surface area contributed by atoms with E-state index in [1.165, 1.54) is 0 Å². The van der Waals surface area contributed by atoms with Crippen LogP contribution in [0.4, 0.5) is 4.79 Å². The smallest absolute Gasteiger partial charge is 0.338 e. The van der Waals surface area contributed by atoms with E-state index in [0.29, 0.717) is 34.2 Å². The van der Waals surface area contributed by atoms with Crippen molar-refractivity contribution in [1.82, 2.24) is 14.3 Å². The SMILES string of the molecule is COc1cc(C(C)NC(=O)n2sc3ncccc3c2=O)ccc1OCCC(C)C. The molecule has 0 aliphatic heterocycles. The van der Waals surface area contributed by atoms with Gasteiger partial charge in [0.2, 0.25) is 0 Å². The zero-order valence-electron chi connectivity index (χ0n) is 17.0. The van der Waals surface area contributed by atoms with Gasteiger partial charge in [-0.05, 0) is 60.6 Å². The molecule has 0 saturated heterocycles. The minimum atomic E-state index is -0.485. The lowest BCUT2D eigenvalue weighted by atomic mass is 10.1. The van der Waals surface area contributed by atoms with E-state index in [2.05, 4.69) is 24.1 Å². The van der Waals surface area contributed by atoms with Gasteiger partial charge in [-0.15, -0.1) is 0 Å². The number of fused-ring (bicyclic) bond motifs is 1. The first-order valence-electron chi connectivity index (χ1n) is 9.49. The lowest BCUT2D eigenvalue weighted by molar-refractivity contribution is 0.241. The zero-order valence-corrected chi connectivity index (χ0v) is 17.8. The van der Waals surface area contributed by atoms with Crippen LogP contribution in [0.3, 0.4) is 0 Å². The first-order chi connectivity index (χ1) is 13.9. The third kappa shape index (κ3) is 4.76. The van der Waals surface area contributed by atoms with Crippen LogP contribution in [-0.4, -0.2) is 28.7 Å². The molecule has 3 rings (SSSR count). The van der Waals surface area contributed by atoms with Crippen molar-refractivity contribution in [2.45, 2.75) is 33.2 Å². The minimum Gasteiger partial charge on any atom is -0.493 e. The van der Waals surface area contributed by atoms with E-state index in [9.17, 15) is 9.59 Å². The summed E-state index contributed by atoms with van der Waals surface area (Å²) < 4.78 is 12.3. The maximum Gasteiger partial charge on any atom is 0.338 e. The molecule has 3 aromatic rings. The summed E-state index contributed by atoms with van der Waals surface area (Å²) in [5, 5.41) is 3.29. The van der Waals surface area contributed by atoms with Crippen LogP contribution in [-0.2, 0) is 0 Å². The summed E-state index contributed by atoms with van der Waals surface area (Å²) in [6, 6.07) is 8.09. The number of aromatic nitrogens is 2. The van der Waals surface area contributed by atoms with Crippen LogP contribution in [0.2, 0.25) is 0 Å². The van der Waals surface area contributed by atoms with Gasteiger partial charge in [-0.3, -0.25) is 4.79 Å². The summed E-state index contributed by atoms with van der Waals surface area (Å²) in [7, 11) is 1.58. The Labute approximate surface area is 173 Å². The van der Waals surface area contributed by atoms with Gasteiger partial charge in [0.05, 0.1) is 25.1 Å². The van der Waals surface area contributed by atoms with Crippen molar-refractivity contribution in [3.8, 4) is 11.5 Å². The molecule has 1 unspecified atom stereocenters. The molecular formula is C21H25N3O4S. The Kier molecular flexibility index (Phi) is 6.53. The summed E-state index contributed by atoms with van der Waals surface area (Å²) in [4.78, 5) is 29.7. The van der Waals surface area contributed by atoms with E-state index in [-0.39, 0.29) is 11.6 Å². The molecule has 1 aromatic carbocycles. The number of nitrogens with one attached hydrogen (secondary N) is 1. The Morgan fingerprint density at radius 2 is 2.03 bits per heavy atom.